The van der Waals surface area contributed by atoms with Crippen molar-refractivity contribution in [2.45, 2.75) is 31.4 Å². The molecule has 1 aliphatic carbocycles. The number of nitrogens with zero attached hydrogens (tertiary/aromatic N) is 2. The second-order valence-corrected chi connectivity index (χ2v) is 7.46. The molecule has 1 saturated carbocycles. The first-order valence-corrected chi connectivity index (χ1v) is 8.86. The second-order valence-electron chi connectivity index (χ2n) is 6.51. The number of fused-ring (bicyclic) bond motifs is 1. The van der Waals surface area contributed by atoms with E-state index in [1.807, 2.05) is 22.4 Å². The van der Waals surface area contributed by atoms with E-state index in [9.17, 15) is 4.79 Å². The summed E-state index contributed by atoms with van der Waals surface area (Å²) in [6, 6.07) is 4.37. The first kappa shape index (κ1) is 13.7. The summed E-state index contributed by atoms with van der Waals surface area (Å²) in [7, 11) is 0. The van der Waals surface area contributed by atoms with Gasteiger partial charge in [-0.1, -0.05) is 6.07 Å². The lowest BCUT2D eigenvalue weighted by molar-refractivity contribution is 0.0494. The van der Waals surface area contributed by atoms with Gasteiger partial charge in [0.05, 0.1) is 11.0 Å². The minimum atomic E-state index is 0.201. The molecule has 1 aromatic rings. The van der Waals surface area contributed by atoms with Crippen LogP contribution in [0.2, 0.25) is 0 Å². The smallest absolute Gasteiger partial charge is 0.264 e. The largest absolute Gasteiger partial charge is 0.377 e. The minimum Gasteiger partial charge on any atom is -0.377 e. The molecule has 1 aromatic heterocycles. The SMILES string of the molecule is O=C(c1cccs1)N1CCN2CC(OCC3CC3)CC2C1. The Balaban J connectivity index is 1.33. The topological polar surface area (TPSA) is 32.8 Å². The summed E-state index contributed by atoms with van der Waals surface area (Å²) in [5.41, 5.74) is 0. The molecule has 1 amide bonds. The summed E-state index contributed by atoms with van der Waals surface area (Å²) in [6.07, 6.45) is 4.17. The van der Waals surface area contributed by atoms with Crippen molar-refractivity contribution in [1.82, 2.24) is 9.80 Å². The van der Waals surface area contributed by atoms with E-state index in [0.717, 1.165) is 50.0 Å². The van der Waals surface area contributed by atoms with Gasteiger partial charge in [0.15, 0.2) is 0 Å². The maximum Gasteiger partial charge on any atom is 0.264 e. The monoisotopic (exact) mass is 306 g/mol. The maximum atomic E-state index is 12.4. The van der Waals surface area contributed by atoms with E-state index < -0.39 is 0 Å². The molecule has 0 bridgehead atoms. The third kappa shape index (κ3) is 3.00. The Hall–Kier alpha value is -0.910. The third-order valence-electron chi connectivity index (χ3n) is 4.86. The number of hydrogen-bond acceptors (Lipinski definition) is 4. The van der Waals surface area contributed by atoms with E-state index >= 15 is 0 Å². The Bertz CT molecular complexity index is 500. The number of carbonyl (C=O) groups is 1. The highest BCUT2D eigenvalue weighted by atomic mass is 32.1. The van der Waals surface area contributed by atoms with Gasteiger partial charge in [-0.25, -0.2) is 0 Å². The van der Waals surface area contributed by atoms with Gasteiger partial charge >= 0.3 is 0 Å². The van der Waals surface area contributed by atoms with Crippen molar-refractivity contribution >= 4 is 17.2 Å². The number of piperazine rings is 1. The fourth-order valence-corrected chi connectivity index (χ4v) is 4.11. The molecule has 2 aliphatic heterocycles. The number of thiophene rings is 1. The van der Waals surface area contributed by atoms with Gasteiger partial charge in [0.2, 0.25) is 0 Å². The van der Waals surface area contributed by atoms with Gasteiger partial charge in [-0.2, -0.15) is 0 Å². The lowest BCUT2D eigenvalue weighted by Crippen LogP contribution is -2.51. The van der Waals surface area contributed by atoms with Gasteiger partial charge in [0.1, 0.15) is 0 Å². The highest BCUT2D eigenvalue weighted by molar-refractivity contribution is 7.12. The van der Waals surface area contributed by atoms with Crippen LogP contribution < -0.4 is 0 Å². The number of amides is 1. The third-order valence-corrected chi connectivity index (χ3v) is 5.72. The first-order chi connectivity index (χ1) is 10.3. The van der Waals surface area contributed by atoms with E-state index in [4.69, 9.17) is 4.74 Å². The van der Waals surface area contributed by atoms with Gasteiger partial charge in [0, 0.05) is 38.8 Å². The van der Waals surface area contributed by atoms with Crippen LogP contribution in [0.1, 0.15) is 28.9 Å². The van der Waals surface area contributed by atoms with Crippen molar-refractivity contribution in [2.24, 2.45) is 5.92 Å². The van der Waals surface area contributed by atoms with Crippen LogP contribution in [0.25, 0.3) is 0 Å². The van der Waals surface area contributed by atoms with E-state index in [-0.39, 0.29) is 5.91 Å². The van der Waals surface area contributed by atoms with Gasteiger partial charge in [-0.05, 0) is 36.6 Å². The normalized spacial score (nSPS) is 29.6. The average Bonchev–Trinajstić information content (AvgIpc) is 3.02. The van der Waals surface area contributed by atoms with Crippen molar-refractivity contribution in [2.75, 3.05) is 32.8 Å². The molecule has 2 saturated heterocycles. The van der Waals surface area contributed by atoms with Crippen LogP contribution in [0.15, 0.2) is 17.5 Å². The Morgan fingerprint density at radius 3 is 3.00 bits per heavy atom. The standard InChI is InChI=1S/C16H22N2O2S/c19-16(15-2-1-7-21-15)18-6-5-17-10-14(8-13(17)9-18)20-11-12-3-4-12/h1-2,7,12-14H,3-6,8-11H2. The molecule has 4 rings (SSSR count). The molecular formula is C16H22N2O2S. The van der Waals surface area contributed by atoms with Crippen LogP contribution in [0.3, 0.4) is 0 Å². The molecule has 2 atom stereocenters. The lowest BCUT2D eigenvalue weighted by atomic mass is 10.1. The van der Waals surface area contributed by atoms with Gasteiger partial charge in [-0.15, -0.1) is 11.3 Å². The van der Waals surface area contributed by atoms with Crippen molar-refractivity contribution in [3.63, 3.8) is 0 Å². The van der Waals surface area contributed by atoms with Crippen molar-refractivity contribution in [1.29, 1.82) is 0 Å². The van der Waals surface area contributed by atoms with E-state index in [0.29, 0.717) is 12.1 Å². The van der Waals surface area contributed by atoms with Crippen LogP contribution in [-0.2, 0) is 4.74 Å². The summed E-state index contributed by atoms with van der Waals surface area (Å²) in [4.78, 5) is 17.8. The van der Waals surface area contributed by atoms with E-state index in [2.05, 4.69) is 4.90 Å². The molecular weight excluding hydrogens is 284 g/mol. The van der Waals surface area contributed by atoms with Crippen LogP contribution >= 0.6 is 11.3 Å². The van der Waals surface area contributed by atoms with Crippen LogP contribution in [0.5, 0.6) is 0 Å². The van der Waals surface area contributed by atoms with Crippen molar-refractivity contribution < 1.29 is 9.53 Å². The molecule has 0 N–H and O–H groups in total. The maximum absolute atomic E-state index is 12.4. The molecule has 21 heavy (non-hydrogen) atoms. The van der Waals surface area contributed by atoms with Crippen LogP contribution in [0.4, 0.5) is 0 Å². The van der Waals surface area contributed by atoms with Gasteiger partial charge in [-0.3, -0.25) is 9.69 Å². The number of hydrogen-bond donors (Lipinski definition) is 0. The average molecular weight is 306 g/mol. The summed E-state index contributed by atoms with van der Waals surface area (Å²) in [5.74, 6) is 1.03. The second kappa shape index (κ2) is 5.71. The molecule has 3 heterocycles. The van der Waals surface area contributed by atoms with Gasteiger partial charge in [0.25, 0.3) is 5.91 Å². The molecule has 0 spiro atoms. The summed E-state index contributed by atoms with van der Waals surface area (Å²) < 4.78 is 6.04. The number of carbonyl (C=O) groups excluding carboxylic acids is 1. The Morgan fingerprint density at radius 2 is 2.24 bits per heavy atom. The van der Waals surface area contributed by atoms with Crippen molar-refractivity contribution in [3.05, 3.63) is 22.4 Å². The van der Waals surface area contributed by atoms with Crippen molar-refractivity contribution in [3.8, 4) is 0 Å². The lowest BCUT2D eigenvalue weighted by Gasteiger charge is -2.37. The van der Waals surface area contributed by atoms with Gasteiger partial charge < -0.3 is 9.64 Å². The van der Waals surface area contributed by atoms with Crippen LogP contribution in [0, 0.1) is 5.92 Å². The summed E-state index contributed by atoms with van der Waals surface area (Å²) in [6.45, 7) is 4.70. The molecule has 3 fully saturated rings. The zero-order valence-corrected chi connectivity index (χ0v) is 13.1. The predicted octanol–water partition coefficient (Wildman–Crippen LogP) is 2.07. The summed E-state index contributed by atoms with van der Waals surface area (Å²) >= 11 is 1.54. The predicted molar refractivity (Wildman–Crippen MR) is 82.7 cm³/mol. The molecule has 0 radical (unpaired) electrons. The fourth-order valence-electron chi connectivity index (χ4n) is 3.41. The van der Waals surface area contributed by atoms with E-state index in [1.165, 1.54) is 24.2 Å². The highest BCUT2D eigenvalue weighted by Gasteiger charge is 2.38. The molecule has 3 aliphatic rings. The highest BCUT2D eigenvalue weighted by Crippen LogP contribution is 2.31. The molecule has 114 valence electrons. The molecule has 5 heteroatoms. The zero-order valence-electron chi connectivity index (χ0n) is 12.2. The summed E-state index contributed by atoms with van der Waals surface area (Å²) in [5, 5.41) is 1.97. The Labute approximate surface area is 129 Å². The number of rotatable bonds is 4. The first-order valence-electron chi connectivity index (χ1n) is 7.98. The molecule has 2 unspecified atom stereocenters. The van der Waals surface area contributed by atoms with E-state index in [1.54, 1.807) is 0 Å². The molecule has 4 nitrogen and oxygen atoms in total. The Morgan fingerprint density at radius 1 is 1.33 bits per heavy atom. The fraction of sp³-hybridized carbons (Fsp3) is 0.688. The minimum absolute atomic E-state index is 0.201. The Kier molecular flexibility index (Phi) is 3.73. The molecule has 0 aromatic carbocycles. The van der Waals surface area contributed by atoms with Crippen LogP contribution in [-0.4, -0.2) is 60.6 Å². The quantitative estimate of drug-likeness (QED) is 0.854. The number of ether oxygens (including phenoxy) is 1. The zero-order chi connectivity index (χ0) is 14.2.